The van der Waals surface area contributed by atoms with E-state index in [4.69, 9.17) is 5.26 Å². The fourth-order valence-electron chi connectivity index (χ4n) is 2.06. The van der Waals surface area contributed by atoms with Crippen molar-refractivity contribution in [1.29, 1.82) is 5.26 Å². The second-order valence-electron chi connectivity index (χ2n) is 3.95. The van der Waals surface area contributed by atoms with Crippen LogP contribution in [0.15, 0.2) is 18.2 Å². The Bertz CT molecular complexity index is 422. The monoisotopic (exact) mass is 216 g/mol. The average molecular weight is 216 g/mol. The minimum absolute atomic E-state index is 0.473. The number of benzene rings is 1. The topological polar surface area (TPSA) is 67.5 Å². The van der Waals surface area contributed by atoms with E-state index >= 15 is 0 Å². The van der Waals surface area contributed by atoms with Crippen LogP contribution in [0.4, 0.5) is 5.69 Å². The molecule has 1 aliphatic heterocycles. The number of rotatable bonds is 2. The summed E-state index contributed by atoms with van der Waals surface area (Å²) in [5.74, 6) is 0. The zero-order chi connectivity index (χ0) is 11.5. The van der Waals surface area contributed by atoms with Crippen LogP contribution in [0.1, 0.15) is 18.4 Å². The van der Waals surface area contributed by atoms with Gasteiger partial charge in [-0.3, -0.25) is 0 Å². The van der Waals surface area contributed by atoms with E-state index in [1.807, 2.05) is 0 Å². The van der Waals surface area contributed by atoms with Gasteiger partial charge < -0.3 is 14.9 Å². The van der Waals surface area contributed by atoms with Crippen LogP contribution in [-0.2, 0) is 0 Å². The molecule has 1 aromatic carbocycles. The maximum Gasteiger partial charge on any atom is 0.490 e. The molecular weight excluding hydrogens is 203 g/mol. The lowest BCUT2D eigenvalue weighted by Crippen LogP contribution is -2.36. The molecule has 0 radical (unpaired) electrons. The molecule has 0 spiro atoms. The smallest absolute Gasteiger partial charge is 0.423 e. The minimum Gasteiger partial charge on any atom is -0.423 e. The number of nitrogens with zero attached hydrogens (tertiary/aromatic N) is 2. The average Bonchev–Trinajstić information content (AvgIpc) is 2.81. The molecule has 82 valence electrons. The second kappa shape index (κ2) is 4.56. The van der Waals surface area contributed by atoms with Crippen LogP contribution in [0.25, 0.3) is 0 Å². The lowest BCUT2D eigenvalue weighted by Gasteiger charge is -2.21. The minimum atomic E-state index is -1.48. The highest BCUT2D eigenvalue weighted by atomic mass is 16.4. The third kappa shape index (κ3) is 2.03. The summed E-state index contributed by atoms with van der Waals surface area (Å²) < 4.78 is 0. The highest BCUT2D eigenvalue weighted by Gasteiger charge is 2.22. The quantitative estimate of drug-likeness (QED) is 0.674. The van der Waals surface area contributed by atoms with E-state index in [9.17, 15) is 10.0 Å². The molecule has 0 aromatic heterocycles. The van der Waals surface area contributed by atoms with Gasteiger partial charge >= 0.3 is 7.12 Å². The molecule has 2 rings (SSSR count). The van der Waals surface area contributed by atoms with Gasteiger partial charge in [-0.2, -0.15) is 5.26 Å². The second-order valence-corrected chi connectivity index (χ2v) is 3.95. The molecule has 0 unspecified atom stereocenters. The lowest BCUT2D eigenvalue weighted by atomic mass is 9.78. The Kier molecular flexibility index (Phi) is 3.13. The van der Waals surface area contributed by atoms with Crippen molar-refractivity contribution in [2.75, 3.05) is 18.0 Å². The molecule has 1 aromatic rings. The van der Waals surface area contributed by atoms with Gasteiger partial charge in [-0.15, -0.1) is 0 Å². The van der Waals surface area contributed by atoms with Crippen molar-refractivity contribution in [2.24, 2.45) is 0 Å². The zero-order valence-corrected chi connectivity index (χ0v) is 8.93. The summed E-state index contributed by atoms with van der Waals surface area (Å²) in [6, 6.07) is 7.00. The predicted octanol–water partition coefficient (Wildman–Crippen LogP) is -0.162. The largest absolute Gasteiger partial charge is 0.490 e. The van der Waals surface area contributed by atoms with Crippen LogP contribution in [0.2, 0.25) is 0 Å². The molecule has 4 nitrogen and oxygen atoms in total. The third-order valence-electron chi connectivity index (χ3n) is 2.88. The van der Waals surface area contributed by atoms with Gasteiger partial charge in [0.2, 0.25) is 0 Å². The standard InChI is InChI=1S/C11H13BN2O2/c13-8-9-3-4-10(12(15)16)11(7-9)14-5-1-2-6-14/h3-4,7,15-16H,1-2,5-6H2. The van der Waals surface area contributed by atoms with E-state index in [1.54, 1.807) is 18.2 Å². The van der Waals surface area contributed by atoms with Crippen LogP contribution in [-0.4, -0.2) is 30.3 Å². The number of hydrogen-bond acceptors (Lipinski definition) is 4. The molecule has 5 heteroatoms. The number of anilines is 1. The molecule has 0 amide bonds. The predicted molar refractivity (Wildman–Crippen MR) is 62.4 cm³/mol. The molecule has 16 heavy (non-hydrogen) atoms. The van der Waals surface area contributed by atoms with Gasteiger partial charge in [-0.25, -0.2) is 0 Å². The summed E-state index contributed by atoms with van der Waals surface area (Å²) in [4.78, 5) is 2.09. The Balaban J connectivity index is 2.42. The van der Waals surface area contributed by atoms with Gasteiger partial charge in [-0.05, 0) is 25.0 Å². The zero-order valence-electron chi connectivity index (χ0n) is 8.93. The normalized spacial score (nSPS) is 14.9. The first-order valence-corrected chi connectivity index (χ1v) is 5.37. The van der Waals surface area contributed by atoms with Gasteiger partial charge in [0.1, 0.15) is 0 Å². The van der Waals surface area contributed by atoms with E-state index in [2.05, 4.69) is 11.0 Å². The van der Waals surface area contributed by atoms with Gasteiger partial charge in [0.05, 0.1) is 11.6 Å². The molecule has 2 N–H and O–H groups in total. The molecular formula is C11H13BN2O2. The lowest BCUT2D eigenvalue weighted by molar-refractivity contribution is 0.426. The molecule has 0 aliphatic carbocycles. The molecule has 0 saturated carbocycles. The van der Waals surface area contributed by atoms with Crippen LogP contribution >= 0.6 is 0 Å². The van der Waals surface area contributed by atoms with Crippen molar-refractivity contribution < 1.29 is 10.0 Å². The van der Waals surface area contributed by atoms with E-state index in [0.717, 1.165) is 31.6 Å². The van der Waals surface area contributed by atoms with Crippen molar-refractivity contribution in [1.82, 2.24) is 0 Å². The fraction of sp³-hybridized carbons (Fsp3) is 0.364. The van der Waals surface area contributed by atoms with Crippen molar-refractivity contribution in [2.45, 2.75) is 12.8 Å². The fourth-order valence-corrected chi connectivity index (χ4v) is 2.06. The SMILES string of the molecule is N#Cc1ccc(B(O)O)c(N2CCCC2)c1. The molecule has 1 heterocycles. The Hall–Kier alpha value is -1.51. The van der Waals surface area contributed by atoms with Gasteiger partial charge in [0.25, 0.3) is 0 Å². The van der Waals surface area contributed by atoms with Crippen molar-refractivity contribution in [3.05, 3.63) is 23.8 Å². The Morgan fingerprint density at radius 1 is 1.25 bits per heavy atom. The van der Waals surface area contributed by atoms with Crippen LogP contribution in [0.3, 0.4) is 0 Å². The summed E-state index contributed by atoms with van der Waals surface area (Å²) in [5, 5.41) is 27.4. The number of nitriles is 1. The summed E-state index contributed by atoms with van der Waals surface area (Å²) in [6.45, 7) is 1.82. The summed E-state index contributed by atoms with van der Waals surface area (Å²) in [5.41, 5.74) is 1.79. The van der Waals surface area contributed by atoms with E-state index < -0.39 is 7.12 Å². The van der Waals surface area contributed by atoms with Crippen molar-refractivity contribution >= 4 is 18.3 Å². The van der Waals surface area contributed by atoms with Crippen LogP contribution < -0.4 is 10.4 Å². The van der Waals surface area contributed by atoms with Gasteiger partial charge in [0.15, 0.2) is 0 Å². The maximum atomic E-state index is 9.27. The summed E-state index contributed by atoms with van der Waals surface area (Å²) >= 11 is 0. The van der Waals surface area contributed by atoms with Gasteiger partial charge in [0, 0.05) is 24.2 Å². The summed E-state index contributed by atoms with van der Waals surface area (Å²) in [7, 11) is -1.48. The van der Waals surface area contributed by atoms with E-state index in [1.165, 1.54) is 0 Å². The van der Waals surface area contributed by atoms with E-state index in [-0.39, 0.29) is 0 Å². The van der Waals surface area contributed by atoms with Crippen molar-refractivity contribution in [3.8, 4) is 6.07 Å². The van der Waals surface area contributed by atoms with Gasteiger partial charge in [-0.1, -0.05) is 6.07 Å². The maximum absolute atomic E-state index is 9.27. The molecule has 1 saturated heterocycles. The van der Waals surface area contributed by atoms with Crippen molar-refractivity contribution in [3.63, 3.8) is 0 Å². The Morgan fingerprint density at radius 3 is 2.50 bits per heavy atom. The third-order valence-corrected chi connectivity index (χ3v) is 2.88. The number of hydrogen-bond donors (Lipinski definition) is 2. The Labute approximate surface area is 94.9 Å². The molecule has 0 atom stereocenters. The first kappa shape index (κ1) is 11.0. The molecule has 1 fully saturated rings. The highest BCUT2D eigenvalue weighted by molar-refractivity contribution is 6.60. The first-order valence-electron chi connectivity index (χ1n) is 5.37. The Morgan fingerprint density at radius 2 is 1.94 bits per heavy atom. The first-order chi connectivity index (χ1) is 7.72. The van der Waals surface area contributed by atoms with E-state index in [0.29, 0.717) is 11.0 Å². The summed E-state index contributed by atoms with van der Waals surface area (Å²) in [6.07, 6.45) is 2.22. The molecule has 1 aliphatic rings. The molecule has 0 bridgehead atoms. The highest BCUT2D eigenvalue weighted by Crippen LogP contribution is 2.19. The van der Waals surface area contributed by atoms with Crippen LogP contribution in [0, 0.1) is 11.3 Å². The van der Waals surface area contributed by atoms with Crippen LogP contribution in [0.5, 0.6) is 0 Å².